The van der Waals surface area contributed by atoms with Crippen molar-refractivity contribution in [3.63, 3.8) is 0 Å². The van der Waals surface area contributed by atoms with Crippen LogP contribution in [0.5, 0.6) is 0 Å². The number of nitrogens with one attached hydrogen (secondary N) is 2. The lowest BCUT2D eigenvalue weighted by molar-refractivity contribution is 1.05. The Balaban J connectivity index is 2.38. The molecule has 2 rings (SSSR count). The van der Waals surface area contributed by atoms with Crippen LogP contribution < -0.4 is 5.69 Å². The van der Waals surface area contributed by atoms with Crippen LogP contribution in [-0.2, 0) is 6.42 Å². The van der Waals surface area contributed by atoms with E-state index in [9.17, 15) is 4.79 Å². The van der Waals surface area contributed by atoms with E-state index in [0.29, 0.717) is 5.82 Å². The largest absolute Gasteiger partial charge is 0.340 e. The number of hydrogen-bond donors (Lipinski definition) is 2. The van der Waals surface area contributed by atoms with Crippen LogP contribution in [0.3, 0.4) is 0 Å². The van der Waals surface area contributed by atoms with E-state index in [-0.39, 0.29) is 5.69 Å². The molecule has 0 fully saturated rings. The Morgan fingerprint density at radius 2 is 2.00 bits per heavy atom. The molecule has 72 valence electrons. The fourth-order valence-electron chi connectivity index (χ4n) is 1.31. The van der Waals surface area contributed by atoms with Gasteiger partial charge in [-0.3, -0.25) is 4.98 Å². The Hall–Kier alpha value is -1.84. The summed E-state index contributed by atoms with van der Waals surface area (Å²) in [5.74, 6) is 0.581. The van der Waals surface area contributed by atoms with Crippen molar-refractivity contribution in [2.24, 2.45) is 0 Å². The van der Waals surface area contributed by atoms with Gasteiger partial charge in [-0.05, 0) is 12.0 Å². The number of aryl methyl sites for hydroxylation is 1. The topological polar surface area (TPSA) is 61.5 Å². The lowest BCUT2D eigenvalue weighted by Gasteiger charge is -1.97. The first-order valence-corrected chi connectivity index (χ1v) is 4.53. The van der Waals surface area contributed by atoms with E-state index in [1.165, 1.54) is 5.56 Å². The molecule has 0 aliphatic rings. The normalized spacial score (nSPS) is 10.4. The first-order chi connectivity index (χ1) is 6.79. The number of nitrogens with zero attached hydrogens (tertiary/aromatic N) is 1. The fourth-order valence-corrected chi connectivity index (χ4v) is 1.31. The van der Waals surface area contributed by atoms with Crippen LogP contribution in [0.15, 0.2) is 29.1 Å². The van der Waals surface area contributed by atoms with Gasteiger partial charge in [-0.2, -0.15) is 5.10 Å². The number of aromatic nitrogens is 3. The maximum atomic E-state index is 10.8. The summed E-state index contributed by atoms with van der Waals surface area (Å²) in [6.07, 6.45) is 1.01. The van der Waals surface area contributed by atoms with Gasteiger partial charge in [-0.25, -0.2) is 9.89 Å². The zero-order chi connectivity index (χ0) is 9.97. The van der Waals surface area contributed by atoms with Gasteiger partial charge in [0.05, 0.1) is 0 Å². The number of rotatable bonds is 2. The molecule has 1 aromatic carbocycles. The smallest absolute Gasteiger partial charge is 0.289 e. The molecule has 1 aromatic heterocycles. The van der Waals surface area contributed by atoms with Gasteiger partial charge in [0, 0.05) is 5.56 Å². The van der Waals surface area contributed by atoms with E-state index in [1.54, 1.807) is 0 Å². The molecule has 0 atom stereocenters. The summed E-state index contributed by atoms with van der Waals surface area (Å²) < 4.78 is 0. The van der Waals surface area contributed by atoms with Gasteiger partial charge < -0.3 is 0 Å². The van der Waals surface area contributed by atoms with Crippen molar-refractivity contribution in [2.75, 3.05) is 0 Å². The second kappa shape index (κ2) is 3.49. The average Bonchev–Trinajstić information content (AvgIpc) is 2.65. The molecule has 0 saturated heterocycles. The van der Waals surface area contributed by atoms with Gasteiger partial charge in [-0.1, -0.05) is 31.2 Å². The molecule has 2 aromatic rings. The van der Waals surface area contributed by atoms with Gasteiger partial charge in [0.15, 0.2) is 5.82 Å². The molecule has 4 heteroatoms. The van der Waals surface area contributed by atoms with E-state index >= 15 is 0 Å². The molecule has 0 aliphatic heterocycles. The van der Waals surface area contributed by atoms with Crippen LogP contribution in [0, 0.1) is 0 Å². The van der Waals surface area contributed by atoms with E-state index in [0.717, 1.165) is 12.0 Å². The molecule has 0 radical (unpaired) electrons. The molecule has 0 amide bonds. The van der Waals surface area contributed by atoms with Gasteiger partial charge >= 0.3 is 5.69 Å². The summed E-state index contributed by atoms with van der Waals surface area (Å²) in [5, 5.41) is 6.18. The van der Waals surface area contributed by atoms with Crippen LogP contribution in [0.25, 0.3) is 11.4 Å². The summed E-state index contributed by atoms with van der Waals surface area (Å²) >= 11 is 0. The zero-order valence-electron chi connectivity index (χ0n) is 7.87. The van der Waals surface area contributed by atoms with Crippen LogP contribution in [0.4, 0.5) is 0 Å². The van der Waals surface area contributed by atoms with Crippen LogP contribution in [0.1, 0.15) is 12.5 Å². The Morgan fingerprint density at radius 3 is 2.50 bits per heavy atom. The van der Waals surface area contributed by atoms with Crippen LogP contribution >= 0.6 is 0 Å². The molecule has 1 heterocycles. The van der Waals surface area contributed by atoms with Crippen molar-refractivity contribution in [2.45, 2.75) is 13.3 Å². The summed E-state index contributed by atoms with van der Waals surface area (Å²) in [5.41, 5.74) is 1.91. The van der Waals surface area contributed by atoms with E-state index in [1.807, 2.05) is 24.3 Å². The van der Waals surface area contributed by atoms with Crippen molar-refractivity contribution in [3.05, 3.63) is 40.3 Å². The quantitative estimate of drug-likeness (QED) is 0.748. The number of H-pyrrole nitrogens is 2. The van der Waals surface area contributed by atoms with E-state index in [4.69, 9.17) is 0 Å². The number of benzene rings is 1. The maximum absolute atomic E-state index is 10.8. The number of aromatic amines is 2. The van der Waals surface area contributed by atoms with E-state index < -0.39 is 0 Å². The second-order valence-corrected chi connectivity index (χ2v) is 3.08. The molecular weight excluding hydrogens is 178 g/mol. The Morgan fingerprint density at radius 1 is 1.29 bits per heavy atom. The summed E-state index contributed by atoms with van der Waals surface area (Å²) in [6, 6.07) is 7.96. The fraction of sp³-hybridized carbons (Fsp3) is 0.200. The lowest BCUT2D eigenvalue weighted by Crippen LogP contribution is -2.00. The Kier molecular flexibility index (Phi) is 2.18. The summed E-state index contributed by atoms with van der Waals surface area (Å²) in [4.78, 5) is 13.4. The predicted molar refractivity (Wildman–Crippen MR) is 54.0 cm³/mol. The van der Waals surface area contributed by atoms with Crippen LogP contribution in [-0.4, -0.2) is 15.2 Å². The van der Waals surface area contributed by atoms with Crippen molar-refractivity contribution in [3.8, 4) is 11.4 Å². The maximum Gasteiger partial charge on any atom is 0.340 e. The Bertz CT molecular complexity index is 467. The van der Waals surface area contributed by atoms with Gasteiger partial charge in [-0.15, -0.1) is 0 Å². The van der Waals surface area contributed by atoms with Gasteiger partial charge in [0.1, 0.15) is 0 Å². The Labute approximate surface area is 81.0 Å². The molecule has 4 nitrogen and oxygen atoms in total. The highest BCUT2D eigenvalue weighted by Gasteiger charge is 2.00. The molecule has 0 spiro atoms. The minimum atomic E-state index is -0.278. The van der Waals surface area contributed by atoms with Crippen molar-refractivity contribution >= 4 is 0 Å². The van der Waals surface area contributed by atoms with Crippen molar-refractivity contribution < 1.29 is 0 Å². The standard InChI is InChI=1S/C10H11N3O/c1-2-7-3-5-8(6-4-7)9-11-10(14)13-12-9/h3-6H,2H2,1H3,(H2,11,12,13,14). The molecule has 0 aliphatic carbocycles. The highest BCUT2D eigenvalue weighted by molar-refractivity contribution is 5.54. The third-order valence-electron chi connectivity index (χ3n) is 2.14. The zero-order valence-corrected chi connectivity index (χ0v) is 7.87. The third-order valence-corrected chi connectivity index (χ3v) is 2.14. The first kappa shape index (κ1) is 8.74. The summed E-state index contributed by atoms with van der Waals surface area (Å²) in [6.45, 7) is 2.10. The molecule has 2 N–H and O–H groups in total. The second-order valence-electron chi connectivity index (χ2n) is 3.08. The van der Waals surface area contributed by atoms with Gasteiger partial charge in [0.2, 0.25) is 0 Å². The molecular formula is C10H11N3O. The number of hydrogen-bond acceptors (Lipinski definition) is 2. The lowest BCUT2D eigenvalue weighted by atomic mass is 10.1. The first-order valence-electron chi connectivity index (χ1n) is 4.53. The minimum Gasteiger partial charge on any atom is -0.289 e. The van der Waals surface area contributed by atoms with Crippen molar-refractivity contribution in [1.29, 1.82) is 0 Å². The SMILES string of the molecule is CCc1ccc(-c2n[nH]c(=O)[nH]2)cc1. The van der Waals surface area contributed by atoms with E-state index in [2.05, 4.69) is 22.1 Å². The highest BCUT2D eigenvalue weighted by atomic mass is 16.1. The minimum absolute atomic E-state index is 0.278. The monoisotopic (exact) mass is 189 g/mol. The average molecular weight is 189 g/mol. The molecule has 14 heavy (non-hydrogen) atoms. The predicted octanol–water partition coefficient (Wildman–Crippen LogP) is 1.33. The summed E-state index contributed by atoms with van der Waals surface area (Å²) in [7, 11) is 0. The molecule has 0 saturated carbocycles. The molecule has 0 unspecified atom stereocenters. The molecule has 0 bridgehead atoms. The van der Waals surface area contributed by atoms with Crippen LogP contribution in [0.2, 0.25) is 0 Å². The highest BCUT2D eigenvalue weighted by Crippen LogP contribution is 2.13. The van der Waals surface area contributed by atoms with Crippen molar-refractivity contribution in [1.82, 2.24) is 15.2 Å². The van der Waals surface area contributed by atoms with Gasteiger partial charge in [0.25, 0.3) is 0 Å². The third kappa shape index (κ3) is 1.59.